The molecular weight excluding hydrogens is 496 g/mol. The van der Waals surface area contributed by atoms with E-state index in [9.17, 15) is 24.6 Å². The summed E-state index contributed by atoms with van der Waals surface area (Å²) in [6, 6.07) is 6.51. The zero-order valence-electron chi connectivity index (χ0n) is 21.5. The monoisotopic (exact) mass is 530 g/mol. The Hall–Kier alpha value is -2.22. The fraction of sp³-hybridized carbons (Fsp3) is 0.621. The first-order chi connectivity index (χ1) is 17.4. The maximum absolute atomic E-state index is 14.1. The molecule has 4 aliphatic rings. The number of rotatable bonds is 4. The van der Waals surface area contributed by atoms with Crippen LogP contribution in [-0.2, 0) is 19.1 Å². The molecule has 2 N–H and O–H groups in total. The second-order valence-corrected chi connectivity index (χ2v) is 12.5. The fourth-order valence-electron chi connectivity index (χ4n) is 8.62. The van der Waals surface area contributed by atoms with Gasteiger partial charge >= 0.3 is 11.9 Å². The number of hydrogen-bond donors (Lipinski definition) is 2. The van der Waals surface area contributed by atoms with E-state index in [1.807, 2.05) is 0 Å². The maximum atomic E-state index is 14.1. The third kappa shape index (κ3) is 3.64. The molecule has 0 amide bonds. The molecule has 8 atom stereocenters. The van der Waals surface area contributed by atoms with Crippen molar-refractivity contribution in [1.82, 2.24) is 0 Å². The van der Waals surface area contributed by atoms with Crippen LogP contribution in [0.5, 0.6) is 0 Å². The zero-order chi connectivity index (χ0) is 26.9. The fourth-order valence-corrected chi connectivity index (χ4v) is 8.84. The van der Waals surface area contributed by atoms with Crippen LogP contribution in [0, 0.1) is 34.0 Å². The molecule has 4 aliphatic carbocycles. The second kappa shape index (κ2) is 8.92. The molecule has 0 radical (unpaired) electrons. The number of benzene rings is 1. The van der Waals surface area contributed by atoms with E-state index in [-0.39, 0.29) is 52.7 Å². The van der Waals surface area contributed by atoms with Gasteiger partial charge in [0.1, 0.15) is 11.5 Å². The van der Waals surface area contributed by atoms with Crippen molar-refractivity contribution >= 4 is 29.3 Å². The Morgan fingerprint density at radius 3 is 2.54 bits per heavy atom. The Labute approximate surface area is 222 Å². The molecule has 8 heteroatoms. The van der Waals surface area contributed by atoms with Gasteiger partial charge < -0.3 is 19.7 Å². The number of Topliss-reactive ketones (excluding diaryl/α,β-unsaturated/α-hetero) is 1. The molecular formula is C29H35ClO7. The normalized spacial score (nSPS) is 39.9. The largest absolute Gasteiger partial charge is 0.465 e. The van der Waals surface area contributed by atoms with Gasteiger partial charge in [0.25, 0.3) is 0 Å². The van der Waals surface area contributed by atoms with Crippen molar-refractivity contribution < 1.29 is 34.1 Å². The smallest absolute Gasteiger partial charge is 0.339 e. The van der Waals surface area contributed by atoms with Gasteiger partial charge in [0.2, 0.25) is 0 Å². The lowest BCUT2D eigenvalue weighted by atomic mass is 9.39. The SMILES string of the molecule is C=C1C(=O)[C@@]23[C@H](O)C[C@@H]4C(C)(C)CCC[C@@]4(COC(C)=O)[C@@H]2[C@@H](O)C[C@H]1[C@H]3OC(=O)c1ccccc1Cl. The van der Waals surface area contributed by atoms with E-state index in [1.54, 1.807) is 24.3 Å². The zero-order valence-corrected chi connectivity index (χ0v) is 22.3. The summed E-state index contributed by atoms with van der Waals surface area (Å²) in [6.07, 6.45) is -0.356. The molecule has 5 rings (SSSR count). The summed E-state index contributed by atoms with van der Waals surface area (Å²) in [5.74, 6) is -3.02. The molecule has 37 heavy (non-hydrogen) atoms. The van der Waals surface area contributed by atoms with E-state index in [0.717, 1.165) is 12.8 Å². The van der Waals surface area contributed by atoms with Crippen LogP contribution in [0.15, 0.2) is 36.4 Å². The quantitative estimate of drug-likeness (QED) is 0.445. The molecule has 2 bridgehead atoms. The van der Waals surface area contributed by atoms with Crippen LogP contribution in [0.2, 0.25) is 5.02 Å². The lowest BCUT2D eigenvalue weighted by Crippen LogP contribution is -2.72. The highest BCUT2D eigenvalue weighted by Crippen LogP contribution is 2.71. The van der Waals surface area contributed by atoms with Gasteiger partial charge in [-0.1, -0.05) is 50.6 Å². The Morgan fingerprint density at radius 1 is 1.16 bits per heavy atom. The first kappa shape index (κ1) is 26.4. The molecule has 4 saturated carbocycles. The predicted molar refractivity (Wildman–Crippen MR) is 136 cm³/mol. The summed E-state index contributed by atoms with van der Waals surface area (Å²) >= 11 is 6.26. The molecule has 0 aliphatic heterocycles. The van der Waals surface area contributed by atoms with Crippen LogP contribution >= 0.6 is 11.6 Å². The van der Waals surface area contributed by atoms with Gasteiger partial charge in [-0.25, -0.2) is 4.79 Å². The van der Waals surface area contributed by atoms with E-state index in [4.69, 9.17) is 21.1 Å². The van der Waals surface area contributed by atoms with Crippen LogP contribution in [-0.4, -0.2) is 52.9 Å². The molecule has 1 aromatic rings. The molecule has 200 valence electrons. The summed E-state index contributed by atoms with van der Waals surface area (Å²) in [5, 5.41) is 23.8. The molecule has 4 fully saturated rings. The summed E-state index contributed by atoms with van der Waals surface area (Å²) in [4.78, 5) is 39.5. The van der Waals surface area contributed by atoms with Gasteiger partial charge in [0, 0.05) is 24.2 Å². The van der Waals surface area contributed by atoms with Crippen molar-refractivity contribution in [3.8, 4) is 0 Å². The number of aliphatic hydroxyl groups excluding tert-OH is 2. The summed E-state index contributed by atoms with van der Waals surface area (Å²) in [7, 11) is 0. The Kier molecular flexibility index (Phi) is 6.36. The Bertz CT molecular complexity index is 1160. The summed E-state index contributed by atoms with van der Waals surface area (Å²) in [6.45, 7) is 9.67. The number of carbonyl (C=O) groups excluding carboxylic acids is 3. The van der Waals surface area contributed by atoms with Crippen molar-refractivity contribution in [3.63, 3.8) is 0 Å². The van der Waals surface area contributed by atoms with E-state index in [2.05, 4.69) is 20.4 Å². The van der Waals surface area contributed by atoms with E-state index < -0.39 is 52.9 Å². The van der Waals surface area contributed by atoms with Gasteiger partial charge in [-0.15, -0.1) is 0 Å². The number of ketones is 1. The van der Waals surface area contributed by atoms with Gasteiger partial charge in [-0.3, -0.25) is 9.59 Å². The van der Waals surface area contributed by atoms with E-state index in [1.165, 1.54) is 6.92 Å². The number of esters is 2. The second-order valence-electron chi connectivity index (χ2n) is 12.1. The maximum Gasteiger partial charge on any atom is 0.339 e. The number of aliphatic hydroxyl groups is 2. The minimum Gasteiger partial charge on any atom is -0.465 e. The molecule has 0 saturated heterocycles. The van der Waals surface area contributed by atoms with Crippen LogP contribution in [0.3, 0.4) is 0 Å². The number of hydrogen-bond acceptors (Lipinski definition) is 7. The van der Waals surface area contributed by atoms with Crippen LogP contribution in [0.1, 0.15) is 63.2 Å². The van der Waals surface area contributed by atoms with Gasteiger partial charge in [0.15, 0.2) is 5.78 Å². The topological polar surface area (TPSA) is 110 Å². The third-order valence-corrected chi connectivity index (χ3v) is 10.3. The van der Waals surface area contributed by atoms with Crippen LogP contribution in [0.25, 0.3) is 0 Å². The Morgan fingerprint density at radius 2 is 1.86 bits per heavy atom. The Balaban J connectivity index is 1.66. The van der Waals surface area contributed by atoms with Crippen molar-refractivity contribution in [3.05, 3.63) is 47.0 Å². The number of carbonyl (C=O) groups is 3. The van der Waals surface area contributed by atoms with Gasteiger partial charge in [0.05, 0.1) is 29.4 Å². The standard InChI is InChI=1S/C29H35ClO7/c1-15-18-12-20(32)23-28(14-36-16(2)31)11-7-10-27(3,4)21(28)13-22(33)29(23,24(15)34)25(18)37-26(35)17-8-5-6-9-19(17)30/h5-6,8-9,18,20-23,25,32-33H,1,7,10-14H2,2-4H3/t18-,20+,21-,22-,23+,25-,28+,29-/m1/s1. The van der Waals surface area contributed by atoms with Crippen molar-refractivity contribution in [2.75, 3.05) is 6.61 Å². The first-order valence-corrected chi connectivity index (χ1v) is 13.4. The molecule has 0 unspecified atom stereocenters. The minimum absolute atomic E-state index is 0.0300. The highest BCUT2D eigenvalue weighted by molar-refractivity contribution is 6.33. The average Bonchev–Trinajstić information content (AvgIpc) is 2.96. The highest BCUT2D eigenvalue weighted by atomic mass is 35.5. The number of halogens is 1. The predicted octanol–water partition coefficient (Wildman–Crippen LogP) is 4.13. The highest BCUT2D eigenvalue weighted by Gasteiger charge is 2.78. The lowest BCUT2D eigenvalue weighted by Gasteiger charge is -2.66. The van der Waals surface area contributed by atoms with Crippen LogP contribution in [0.4, 0.5) is 0 Å². The first-order valence-electron chi connectivity index (χ1n) is 13.1. The molecule has 0 heterocycles. The lowest BCUT2D eigenvalue weighted by molar-refractivity contribution is -0.264. The van der Waals surface area contributed by atoms with Crippen molar-refractivity contribution in [1.29, 1.82) is 0 Å². The van der Waals surface area contributed by atoms with Gasteiger partial charge in [-0.2, -0.15) is 0 Å². The van der Waals surface area contributed by atoms with E-state index in [0.29, 0.717) is 6.42 Å². The number of fused-ring (bicyclic) bond motifs is 3. The molecule has 1 aromatic carbocycles. The van der Waals surface area contributed by atoms with Crippen LogP contribution < -0.4 is 0 Å². The van der Waals surface area contributed by atoms with Gasteiger partial charge in [-0.05, 0) is 54.7 Å². The molecule has 0 aromatic heterocycles. The van der Waals surface area contributed by atoms with E-state index >= 15 is 0 Å². The average molecular weight is 531 g/mol. The van der Waals surface area contributed by atoms with Crippen molar-refractivity contribution in [2.24, 2.45) is 34.0 Å². The van der Waals surface area contributed by atoms with Crippen molar-refractivity contribution in [2.45, 2.75) is 71.2 Å². The molecule has 7 nitrogen and oxygen atoms in total. The summed E-state index contributed by atoms with van der Waals surface area (Å²) < 4.78 is 11.7. The number of ether oxygens (including phenoxy) is 2. The third-order valence-electron chi connectivity index (χ3n) is 9.97. The minimum atomic E-state index is -1.58. The molecule has 1 spiro atoms. The summed E-state index contributed by atoms with van der Waals surface area (Å²) in [5.41, 5.74) is -2.15.